The van der Waals surface area contributed by atoms with Gasteiger partial charge >= 0.3 is 0 Å². The molecule has 4 rings (SSSR count). The van der Waals surface area contributed by atoms with Gasteiger partial charge in [-0.3, -0.25) is 4.99 Å². The Morgan fingerprint density at radius 1 is 1.29 bits per heavy atom. The van der Waals surface area contributed by atoms with Gasteiger partial charge in [-0.2, -0.15) is 5.10 Å². The van der Waals surface area contributed by atoms with Crippen molar-refractivity contribution < 1.29 is 9.15 Å². The number of nitrogens with one attached hydrogen (secondary N) is 2. The number of guanidine groups is 1. The fraction of sp³-hybridized carbons (Fsp3) is 0.435. The minimum atomic E-state index is 0.134. The third kappa shape index (κ3) is 5.73. The predicted octanol–water partition coefficient (Wildman–Crippen LogP) is 2.87. The Morgan fingerprint density at radius 2 is 2.16 bits per heavy atom. The van der Waals surface area contributed by atoms with Gasteiger partial charge in [0.1, 0.15) is 18.2 Å². The van der Waals surface area contributed by atoms with Crippen molar-refractivity contribution in [3.8, 4) is 0 Å². The van der Waals surface area contributed by atoms with E-state index in [0.29, 0.717) is 13.2 Å². The van der Waals surface area contributed by atoms with Gasteiger partial charge < -0.3 is 19.8 Å². The monoisotopic (exact) mass is 422 g/mol. The minimum Gasteiger partial charge on any atom is -0.469 e. The van der Waals surface area contributed by atoms with Crippen molar-refractivity contribution in [1.29, 1.82) is 0 Å². The van der Waals surface area contributed by atoms with Gasteiger partial charge in [0.05, 0.1) is 18.8 Å². The smallest absolute Gasteiger partial charge is 0.192 e. The highest BCUT2D eigenvalue weighted by Gasteiger charge is 2.23. The fourth-order valence-electron chi connectivity index (χ4n) is 3.76. The molecule has 1 aromatic carbocycles. The maximum absolute atomic E-state index is 5.44. The molecule has 1 aliphatic heterocycles. The zero-order valence-electron chi connectivity index (χ0n) is 18.1. The molecule has 0 spiro atoms. The molecule has 3 aromatic rings. The Morgan fingerprint density at radius 3 is 2.94 bits per heavy atom. The lowest BCUT2D eigenvalue weighted by Crippen LogP contribution is -2.47. The van der Waals surface area contributed by atoms with Crippen LogP contribution in [0.4, 0.5) is 0 Å². The Bertz CT molecular complexity index is 967. The van der Waals surface area contributed by atoms with Gasteiger partial charge in [0, 0.05) is 32.5 Å². The highest BCUT2D eigenvalue weighted by molar-refractivity contribution is 5.80. The molecule has 0 saturated heterocycles. The summed E-state index contributed by atoms with van der Waals surface area (Å²) in [5.74, 6) is 3.50. The van der Waals surface area contributed by atoms with E-state index in [9.17, 15) is 0 Å². The summed E-state index contributed by atoms with van der Waals surface area (Å²) in [6.45, 7) is 3.98. The van der Waals surface area contributed by atoms with E-state index in [1.165, 1.54) is 5.56 Å². The number of rotatable bonds is 8. The third-order valence-electron chi connectivity index (χ3n) is 5.38. The van der Waals surface area contributed by atoms with Crippen LogP contribution in [0.15, 0.2) is 58.1 Å². The molecule has 0 amide bonds. The quantitative estimate of drug-likeness (QED) is 0.429. The van der Waals surface area contributed by atoms with Crippen molar-refractivity contribution in [2.45, 2.75) is 51.4 Å². The first-order valence-corrected chi connectivity index (χ1v) is 10.8. The van der Waals surface area contributed by atoms with Gasteiger partial charge in [0.2, 0.25) is 0 Å². The Kier molecular flexibility index (Phi) is 6.99. The number of benzene rings is 1. The predicted molar refractivity (Wildman–Crippen MR) is 119 cm³/mol. The number of aryl methyl sites for hydroxylation is 1. The van der Waals surface area contributed by atoms with Gasteiger partial charge in [-0.05, 0) is 31.0 Å². The van der Waals surface area contributed by atoms with E-state index in [1.807, 2.05) is 22.9 Å². The highest BCUT2D eigenvalue weighted by atomic mass is 16.5. The summed E-state index contributed by atoms with van der Waals surface area (Å²) in [7, 11) is 1.66. The van der Waals surface area contributed by atoms with Crippen LogP contribution in [0.3, 0.4) is 0 Å². The Hall–Kier alpha value is -3.13. The van der Waals surface area contributed by atoms with E-state index < -0.39 is 0 Å². The number of nitrogens with zero attached hydrogens (tertiary/aromatic N) is 4. The molecule has 3 heterocycles. The van der Waals surface area contributed by atoms with Gasteiger partial charge in [-0.25, -0.2) is 9.67 Å². The van der Waals surface area contributed by atoms with Crippen LogP contribution < -0.4 is 10.6 Å². The second-order valence-corrected chi connectivity index (χ2v) is 7.78. The van der Waals surface area contributed by atoms with Crippen LogP contribution in [0.25, 0.3) is 0 Å². The molecule has 0 aliphatic carbocycles. The molecule has 8 nitrogen and oxygen atoms in total. The van der Waals surface area contributed by atoms with Gasteiger partial charge in [0.25, 0.3) is 0 Å². The Balaban J connectivity index is 1.43. The number of aliphatic imine (C=N–C) groups is 1. The number of methoxy groups -OCH3 is 1. The molecule has 1 aliphatic rings. The summed E-state index contributed by atoms with van der Waals surface area (Å²) in [6.07, 6.45) is 4.31. The molecule has 0 saturated carbocycles. The van der Waals surface area contributed by atoms with Crippen molar-refractivity contribution in [3.05, 3.63) is 71.7 Å². The number of hydrogen-bond acceptors (Lipinski definition) is 5. The lowest BCUT2D eigenvalue weighted by molar-refractivity contribution is 0.177. The fourth-order valence-corrected chi connectivity index (χ4v) is 3.76. The van der Waals surface area contributed by atoms with E-state index in [-0.39, 0.29) is 12.1 Å². The summed E-state index contributed by atoms with van der Waals surface area (Å²) in [5.41, 5.74) is 1.22. The average molecular weight is 423 g/mol. The molecule has 2 aromatic heterocycles. The van der Waals surface area contributed by atoms with Crippen LogP contribution in [0.2, 0.25) is 0 Å². The first-order valence-electron chi connectivity index (χ1n) is 10.8. The van der Waals surface area contributed by atoms with Gasteiger partial charge in [0.15, 0.2) is 11.8 Å². The molecule has 0 fully saturated rings. The Labute approximate surface area is 182 Å². The number of hydrogen-bond donors (Lipinski definition) is 2. The summed E-state index contributed by atoms with van der Waals surface area (Å²) in [4.78, 5) is 9.38. The van der Waals surface area contributed by atoms with Gasteiger partial charge in [-0.15, -0.1) is 0 Å². The zero-order valence-corrected chi connectivity index (χ0v) is 18.1. The number of ether oxygens (including phenoxy) is 1. The molecule has 31 heavy (non-hydrogen) atoms. The second-order valence-electron chi connectivity index (χ2n) is 7.78. The number of furan rings is 1. The highest BCUT2D eigenvalue weighted by Crippen LogP contribution is 2.15. The lowest BCUT2D eigenvalue weighted by atomic mass is 10.1. The van der Waals surface area contributed by atoms with Crippen LogP contribution >= 0.6 is 0 Å². The molecule has 8 heteroatoms. The van der Waals surface area contributed by atoms with Crippen molar-refractivity contribution in [3.63, 3.8) is 0 Å². The van der Waals surface area contributed by atoms with Crippen LogP contribution in [0, 0.1) is 0 Å². The minimum absolute atomic E-state index is 0.134. The molecule has 2 unspecified atom stereocenters. The molecule has 164 valence electrons. The normalized spacial score (nSPS) is 17.2. The maximum atomic E-state index is 5.44. The standard InChI is InChI=1S/C23H30N6O2/c1-17(18-7-4-3-5-8-18)25-23(24-13-12-20-9-6-14-31-20)26-19-10-11-22-27-21(16-30-2)28-29(22)15-19/h3-9,14,17,19H,10-13,15-16H2,1-2H3,(H2,24,25,26). The first-order chi connectivity index (χ1) is 15.2. The zero-order chi connectivity index (χ0) is 21.5. The van der Waals surface area contributed by atoms with E-state index in [0.717, 1.165) is 49.2 Å². The third-order valence-corrected chi connectivity index (χ3v) is 5.38. The summed E-state index contributed by atoms with van der Waals surface area (Å²) < 4.78 is 12.6. The molecular formula is C23H30N6O2. The van der Waals surface area contributed by atoms with E-state index in [2.05, 4.69) is 51.9 Å². The van der Waals surface area contributed by atoms with Crippen molar-refractivity contribution >= 4 is 5.96 Å². The summed E-state index contributed by atoms with van der Waals surface area (Å²) in [5, 5.41) is 11.7. The second kappa shape index (κ2) is 10.3. The molecule has 2 N–H and O–H groups in total. The summed E-state index contributed by atoms with van der Waals surface area (Å²) in [6, 6.07) is 14.6. The topological polar surface area (TPSA) is 89.5 Å². The molecular weight excluding hydrogens is 392 g/mol. The van der Waals surface area contributed by atoms with E-state index >= 15 is 0 Å². The average Bonchev–Trinajstić information content (AvgIpc) is 3.43. The number of fused-ring (bicyclic) bond motifs is 1. The van der Waals surface area contributed by atoms with Crippen LogP contribution in [0.5, 0.6) is 0 Å². The van der Waals surface area contributed by atoms with Crippen LogP contribution in [0.1, 0.15) is 42.4 Å². The molecule has 2 atom stereocenters. The van der Waals surface area contributed by atoms with Crippen LogP contribution in [-0.2, 0) is 30.7 Å². The largest absolute Gasteiger partial charge is 0.469 e. The van der Waals surface area contributed by atoms with Gasteiger partial charge in [-0.1, -0.05) is 30.3 Å². The lowest BCUT2D eigenvalue weighted by Gasteiger charge is -2.27. The molecule has 0 bridgehead atoms. The van der Waals surface area contributed by atoms with Crippen LogP contribution in [-0.4, -0.2) is 40.4 Å². The summed E-state index contributed by atoms with van der Waals surface area (Å²) >= 11 is 0. The first kappa shape index (κ1) is 21.1. The van der Waals surface area contributed by atoms with E-state index in [1.54, 1.807) is 13.4 Å². The SMILES string of the molecule is COCc1nc2n(n1)CC(NC(=NCCc1ccco1)NC(C)c1ccccc1)CC2. The van der Waals surface area contributed by atoms with Crippen molar-refractivity contribution in [1.82, 2.24) is 25.4 Å². The van der Waals surface area contributed by atoms with E-state index in [4.69, 9.17) is 14.1 Å². The number of aromatic nitrogens is 3. The van der Waals surface area contributed by atoms with Crippen molar-refractivity contribution in [2.75, 3.05) is 13.7 Å². The maximum Gasteiger partial charge on any atom is 0.192 e. The molecule has 0 radical (unpaired) electrons. The van der Waals surface area contributed by atoms with Crippen molar-refractivity contribution in [2.24, 2.45) is 4.99 Å².